The van der Waals surface area contributed by atoms with Gasteiger partial charge in [0.1, 0.15) is 5.82 Å². The highest BCUT2D eigenvalue weighted by molar-refractivity contribution is 6.02. The Bertz CT molecular complexity index is 536. The van der Waals surface area contributed by atoms with Gasteiger partial charge in [0.05, 0.1) is 17.1 Å². The molecule has 18 heavy (non-hydrogen) atoms. The quantitative estimate of drug-likeness (QED) is 0.760. The van der Waals surface area contributed by atoms with Crippen LogP contribution in [0, 0.1) is 13.8 Å². The van der Waals surface area contributed by atoms with E-state index in [0.717, 1.165) is 30.1 Å². The summed E-state index contributed by atoms with van der Waals surface area (Å²) in [6.45, 7) is 5.70. The molecule has 0 aliphatic heterocycles. The van der Waals surface area contributed by atoms with Crippen LogP contribution >= 0.6 is 0 Å². The van der Waals surface area contributed by atoms with Gasteiger partial charge in [-0.2, -0.15) is 5.10 Å². The first kappa shape index (κ1) is 12.3. The summed E-state index contributed by atoms with van der Waals surface area (Å²) in [4.78, 5) is 16.1. The van der Waals surface area contributed by atoms with Gasteiger partial charge in [-0.1, -0.05) is 6.92 Å². The third kappa shape index (κ3) is 2.39. The molecule has 0 aliphatic carbocycles. The van der Waals surface area contributed by atoms with Crippen molar-refractivity contribution in [3.8, 4) is 0 Å². The van der Waals surface area contributed by atoms with Crippen LogP contribution < -0.4 is 5.32 Å². The monoisotopic (exact) mass is 248 g/mol. The summed E-state index contributed by atoms with van der Waals surface area (Å²) in [7, 11) is 0. The van der Waals surface area contributed by atoms with E-state index in [4.69, 9.17) is 0 Å². The summed E-state index contributed by atoms with van der Waals surface area (Å²) < 4.78 is 0. The van der Waals surface area contributed by atoms with E-state index in [1.165, 1.54) is 0 Å². The molecule has 0 saturated heterocycles. The minimum absolute atomic E-state index is 0.151. The largest absolute Gasteiger partial charge is 0.316 e. The zero-order valence-electron chi connectivity index (χ0n) is 10.7. The van der Waals surface area contributed by atoms with Crippen LogP contribution in [0.15, 0.2) is 0 Å². The molecule has 1 amide bonds. The van der Waals surface area contributed by atoms with Crippen molar-refractivity contribution < 1.29 is 4.79 Å². The molecule has 0 saturated carbocycles. The molecule has 0 fully saturated rings. The first-order valence-electron chi connectivity index (χ1n) is 5.86. The maximum absolute atomic E-state index is 11.9. The van der Waals surface area contributed by atoms with Crippen LogP contribution in [0.25, 0.3) is 0 Å². The highest BCUT2D eigenvalue weighted by Crippen LogP contribution is 2.16. The van der Waals surface area contributed by atoms with Crippen molar-refractivity contribution in [1.29, 1.82) is 0 Å². The molecular weight excluding hydrogens is 232 g/mol. The number of H-pyrrole nitrogens is 2. The van der Waals surface area contributed by atoms with Gasteiger partial charge in [-0.15, -0.1) is 5.10 Å². The van der Waals surface area contributed by atoms with Gasteiger partial charge in [-0.25, -0.2) is 4.98 Å². The van der Waals surface area contributed by atoms with Crippen molar-refractivity contribution in [1.82, 2.24) is 25.4 Å². The standard InChI is InChI=1S/C11H16N6O/c1-4-5-8-12-10(17-16-8)11(18)13-9-6(2)14-15-7(9)3/h4-5H2,1-3H3,(H,13,18)(H,14,15)(H,12,16,17). The molecule has 0 atom stereocenters. The van der Waals surface area contributed by atoms with E-state index in [9.17, 15) is 4.79 Å². The molecule has 0 bridgehead atoms. The number of anilines is 1. The number of hydrogen-bond acceptors (Lipinski definition) is 4. The Morgan fingerprint density at radius 3 is 2.67 bits per heavy atom. The van der Waals surface area contributed by atoms with Crippen LogP contribution in [0.1, 0.15) is 41.2 Å². The highest BCUT2D eigenvalue weighted by Gasteiger charge is 2.15. The number of nitrogens with zero attached hydrogens (tertiary/aromatic N) is 3. The van der Waals surface area contributed by atoms with Crippen molar-refractivity contribution in [3.63, 3.8) is 0 Å². The van der Waals surface area contributed by atoms with E-state index < -0.39 is 0 Å². The van der Waals surface area contributed by atoms with Crippen LogP contribution in [0.2, 0.25) is 0 Å². The normalized spacial score (nSPS) is 10.6. The second kappa shape index (κ2) is 4.99. The fourth-order valence-electron chi connectivity index (χ4n) is 1.65. The maximum atomic E-state index is 11.9. The van der Waals surface area contributed by atoms with Crippen LogP contribution in [-0.2, 0) is 6.42 Å². The number of rotatable bonds is 4. The second-order valence-electron chi connectivity index (χ2n) is 4.12. The predicted molar refractivity (Wildman–Crippen MR) is 66.4 cm³/mol. The number of carbonyl (C=O) groups excluding carboxylic acids is 1. The number of amides is 1. The molecule has 2 heterocycles. The van der Waals surface area contributed by atoms with E-state index >= 15 is 0 Å². The number of aryl methyl sites for hydroxylation is 3. The Balaban J connectivity index is 2.12. The number of aromatic nitrogens is 5. The third-order valence-corrected chi connectivity index (χ3v) is 2.59. The van der Waals surface area contributed by atoms with E-state index in [0.29, 0.717) is 5.69 Å². The summed E-state index contributed by atoms with van der Waals surface area (Å²) >= 11 is 0. The summed E-state index contributed by atoms with van der Waals surface area (Å²) in [5.74, 6) is 0.544. The van der Waals surface area contributed by atoms with E-state index in [-0.39, 0.29) is 11.7 Å². The van der Waals surface area contributed by atoms with Crippen molar-refractivity contribution in [2.45, 2.75) is 33.6 Å². The van der Waals surface area contributed by atoms with Crippen molar-refractivity contribution >= 4 is 11.6 Å². The zero-order valence-corrected chi connectivity index (χ0v) is 10.7. The van der Waals surface area contributed by atoms with Crippen LogP contribution in [0.3, 0.4) is 0 Å². The van der Waals surface area contributed by atoms with Crippen molar-refractivity contribution in [2.75, 3.05) is 5.32 Å². The smallest absolute Gasteiger partial charge is 0.295 e. The number of carbonyl (C=O) groups is 1. The SMILES string of the molecule is CCCc1nc(C(=O)Nc2c(C)n[nH]c2C)n[nH]1. The first-order valence-corrected chi connectivity index (χ1v) is 5.86. The van der Waals surface area contributed by atoms with Gasteiger partial charge in [0.2, 0.25) is 5.82 Å². The molecule has 2 aromatic heterocycles. The van der Waals surface area contributed by atoms with Gasteiger partial charge in [0, 0.05) is 6.42 Å². The van der Waals surface area contributed by atoms with Crippen LogP contribution in [0.4, 0.5) is 5.69 Å². The van der Waals surface area contributed by atoms with E-state index in [1.807, 2.05) is 20.8 Å². The average Bonchev–Trinajstić information content (AvgIpc) is 2.91. The van der Waals surface area contributed by atoms with Gasteiger partial charge in [-0.05, 0) is 20.3 Å². The Hall–Kier alpha value is -2.18. The molecular formula is C11H16N6O. The summed E-state index contributed by atoms with van der Waals surface area (Å²) in [6, 6.07) is 0. The van der Waals surface area contributed by atoms with Gasteiger partial charge in [0.25, 0.3) is 5.91 Å². The van der Waals surface area contributed by atoms with Gasteiger partial charge < -0.3 is 5.32 Å². The topological polar surface area (TPSA) is 99.3 Å². The van der Waals surface area contributed by atoms with Crippen LogP contribution in [-0.4, -0.2) is 31.3 Å². The molecule has 0 unspecified atom stereocenters. The van der Waals surface area contributed by atoms with Gasteiger partial charge in [-0.3, -0.25) is 15.0 Å². The lowest BCUT2D eigenvalue weighted by Crippen LogP contribution is -2.14. The third-order valence-electron chi connectivity index (χ3n) is 2.59. The molecule has 7 heteroatoms. The van der Waals surface area contributed by atoms with Gasteiger partial charge in [0.15, 0.2) is 0 Å². The molecule has 0 spiro atoms. The van der Waals surface area contributed by atoms with E-state index in [1.54, 1.807) is 0 Å². The van der Waals surface area contributed by atoms with Gasteiger partial charge >= 0.3 is 0 Å². The van der Waals surface area contributed by atoms with Crippen molar-refractivity contribution in [3.05, 3.63) is 23.0 Å². The lowest BCUT2D eigenvalue weighted by molar-refractivity contribution is 0.101. The Labute approximate surface area is 104 Å². The molecule has 0 radical (unpaired) electrons. The second-order valence-corrected chi connectivity index (χ2v) is 4.12. The molecule has 2 rings (SSSR count). The first-order chi connectivity index (χ1) is 8.61. The van der Waals surface area contributed by atoms with E-state index in [2.05, 4.69) is 30.7 Å². The minimum atomic E-state index is -0.332. The number of aromatic amines is 2. The zero-order chi connectivity index (χ0) is 13.1. The average molecular weight is 248 g/mol. The maximum Gasteiger partial charge on any atom is 0.295 e. The summed E-state index contributed by atoms with van der Waals surface area (Å²) in [6.07, 6.45) is 1.74. The molecule has 3 N–H and O–H groups in total. The fraction of sp³-hybridized carbons (Fsp3) is 0.455. The highest BCUT2D eigenvalue weighted by atomic mass is 16.2. The minimum Gasteiger partial charge on any atom is -0.316 e. The molecule has 2 aromatic rings. The Morgan fingerprint density at radius 2 is 2.06 bits per heavy atom. The molecule has 0 aliphatic rings. The molecule has 96 valence electrons. The molecule has 7 nitrogen and oxygen atoms in total. The predicted octanol–water partition coefficient (Wildman–Crippen LogP) is 1.35. The number of hydrogen-bond donors (Lipinski definition) is 3. The van der Waals surface area contributed by atoms with Crippen LogP contribution in [0.5, 0.6) is 0 Å². The lowest BCUT2D eigenvalue weighted by atomic mass is 10.3. The number of nitrogens with one attached hydrogen (secondary N) is 3. The Morgan fingerprint density at radius 1 is 1.28 bits per heavy atom. The molecule has 0 aromatic carbocycles. The summed E-state index contributed by atoms with van der Waals surface area (Å²) in [5, 5.41) is 16.2. The Kier molecular flexibility index (Phi) is 3.40. The van der Waals surface area contributed by atoms with Crippen molar-refractivity contribution in [2.24, 2.45) is 0 Å². The summed E-state index contributed by atoms with van der Waals surface area (Å²) in [5.41, 5.74) is 2.23. The fourth-order valence-corrected chi connectivity index (χ4v) is 1.65. The lowest BCUT2D eigenvalue weighted by Gasteiger charge is -2.01.